The Bertz CT molecular complexity index is 1040. The van der Waals surface area contributed by atoms with E-state index in [0.29, 0.717) is 5.56 Å². The third kappa shape index (κ3) is 5.22. The fourth-order valence-corrected chi connectivity index (χ4v) is 4.90. The van der Waals surface area contributed by atoms with E-state index in [2.05, 4.69) is 10.3 Å². The monoisotopic (exact) mass is 451 g/mol. The molecule has 0 aliphatic heterocycles. The minimum absolute atomic E-state index is 0.0652. The summed E-state index contributed by atoms with van der Waals surface area (Å²) in [5.41, 5.74) is 0.686. The molecule has 0 spiro atoms. The maximum Gasteiger partial charge on any atom is 0.248 e. The van der Waals surface area contributed by atoms with Crippen LogP contribution >= 0.6 is 11.3 Å². The number of para-hydroxylation sites is 1. The number of amides is 2. The van der Waals surface area contributed by atoms with Crippen LogP contribution in [-0.2, 0) is 16.0 Å². The molecule has 1 saturated carbocycles. The first-order valence-corrected chi connectivity index (χ1v) is 11.8. The van der Waals surface area contributed by atoms with Gasteiger partial charge in [0.05, 0.1) is 12.1 Å². The fraction of sp³-hybridized carbons (Fsp3) is 0.320. The molecule has 1 aromatic carbocycles. The number of rotatable bonds is 7. The van der Waals surface area contributed by atoms with Crippen LogP contribution in [-0.4, -0.2) is 22.8 Å². The van der Waals surface area contributed by atoms with Crippen LogP contribution in [0.2, 0.25) is 0 Å². The SMILES string of the molecule is O=C(NC1CCCCC1)[C@H](c1ccncc1)N(C(=O)Cc1cccs1)c1ccccc1F. The average molecular weight is 452 g/mol. The second kappa shape index (κ2) is 10.5. The van der Waals surface area contributed by atoms with Gasteiger partial charge in [0.2, 0.25) is 11.8 Å². The minimum Gasteiger partial charge on any atom is -0.351 e. The Morgan fingerprint density at radius 2 is 1.81 bits per heavy atom. The zero-order valence-electron chi connectivity index (χ0n) is 17.7. The molecule has 0 radical (unpaired) electrons. The number of thiophene rings is 1. The average Bonchev–Trinajstić information content (AvgIpc) is 3.32. The molecule has 1 aliphatic carbocycles. The maximum absolute atomic E-state index is 14.9. The molecule has 1 aliphatic rings. The van der Waals surface area contributed by atoms with E-state index in [0.717, 1.165) is 30.6 Å². The first kappa shape index (κ1) is 22.1. The quantitative estimate of drug-likeness (QED) is 0.547. The minimum atomic E-state index is -0.996. The molecule has 32 heavy (non-hydrogen) atoms. The number of carbonyl (C=O) groups excluding carboxylic acids is 2. The topological polar surface area (TPSA) is 62.3 Å². The summed E-state index contributed by atoms with van der Waals surface area (Å²) in [4.78, 5) is 33.4. The molecule has 166 valence electrons. The van der Waals surface area contributed by atoms with Crippen LogP contribution in [0.5, 0.6) is 0 Å². The summed E-state index contributed by atoms with van der Waals surface area (Å²) in [6.45, 7) is 0. The number of anilines is 1. The van der Waals surface area contributed by atoms with Crippen LogP contribution in [0, 0.1) is 5.82 Å². The van der Waals surface area contributed by atoms with E-state index in [1.54, 1.807) is 42.7 Å². The molecule has 1 fully saturated rings. The second-order valence-electron chi connectivity index (χ2n) is 8.00. The smallest absolute Gasteiger partial charge is 0.248 e. The van der Waals surface area contributed by atoms with Gasteiger partial charge in [-0.1, -0.05) is 37.5 Å². The number of hydrogen-bond donors (Lipinski definition) is 1. The van der Waals surface area contributed by atoms with Gasteiger partial charge in [0.25, 0.3) is 0 Å². The van der Waals surface area contributed by atoms with Crippen molar-refractivity contribution >= 4 is 28.8 Å². The summed E-state index contributed by atoms with van der Waals surface area (Å²) in [7, 11) is 0. The fourth-order valence-electron chi connectivity index (χ4n) is 4.20. The summed E-state index contributed by atoms with van der Waals surface area (Å²) in [5.74, 6) is -1.18. The molecule has 0 saturated heterocycles. The van der Waals surface area contributed by atoms with Crippen LogP contribution in [0.25, 0.3) is 0 Å². The van der Waals surface area contributed by atoms with Gasteiger partial charge in [-0.25, -0.2) is 4.39 Å². The van der Waals surface area contributed by atoms with Gasteiger partial charge in [-0.3, -0.25) is 19.5 Å². The lowest BCUT2D eigenvalue weighted by molar-refractivity contribution is -0.127. The highest BCUT2D eigenvalue weighted by Gasteiger charge is 2.35. The van der Waals surface area contributed by atoms with Crippen molar-refractivity contribution in [2.24, 2.45) is 0 Å². The predicted octanol–water partition coefficient (Wildman–Crippen LogP) is 5.05. The van der Waals surface area contributed by atoms with Gasteiger partial charge < -0.3 is 5.32 Å². The summed E-state index contributed by atoms with van der Waals surface area (Å²) in [6, 6.07) is 12.3. The van der Waals surface area contributed by atoms with E-state index < -0.39 is 11.9 Å². The first-order chi connectivity index (χ1) is 15.6. The highest BCUT2D eigenvalue weighted by Crippen LogP contribution is 2.31. The number of nitrogens with zero attached hydrogens (tertiary/aromatic N) is 2. The lowest BCUT2D eigenvalue weighted by Gasteiger charge is -2.33. The van der Waals surface area contributed by atoms with Crippen LogP contribution < -0.4 is 10.2 Å². The van der Waals surface area contributed by atoms with Crippen LogP contribution in [0.3, 0.4) is 0 Å². The Hall–Kier alpha value is -3.06. The molecule has 4 rings (SSSR count). The summed E-state index contributed by atoms with van der Waals surface area (Å²) in [6.07, 6.45) is 8.39. The largest absolute Gasteiger partial charge is 0.351 e. The van der Waals surface area contributed by atoms with Crippen molar-refractivity contribution in [3.63, 3.8) is 0 Å². The van der Waals surface area contributed by atoms with Gasteiger partial charge in [-0.2, -0.15) is 0 Å². The molecule has 0 unspecified atom stereocenters. The van der Waals surface area contributed by atoms with Crippen LogP contribution in [0.15, 0.2) is 66.3 Å². The number of carbonyl (C=O) groups is 2. The Morgan fingerprint density at radius 1 is 1.06 bits per heavy atom. The zero-order valence-corrected chi connectivity index (χ0v) is 18.6. The van der Waals surface area contributed by atoms with Crippen LogP contribution in [0.4, 0.5) is 10.1 Å². The highest BCUT2D eigenvalue weighted by molar-refractivity contribution is 7.10. The lowest BCUT2D eigenvalue weighted by atomic mass is 9.94. The summed E-state index contributed by atoms with van der Waals surface area (Å²) >= 11 is 1.46. The maximum atomic E-state index is 14.9. The molecule has 5 nitrogen and oxygen atoms in total. The summed E-state index contributed by atoms with van der Waals surface area (Å²) < 4.78 is 14.9. The Labute approximate surface area is 191 Å². The van der Waals surface area contributed by atoms with Crippen molar-refractivity contribution < 1.29 is 14.0 Å². The van der Waals surface area contributed by atoms with E-state index in [-0.39, 0.29) is 30.0 Å². The molecule has 2 aromatic heterocycles. The molecule has 7 heteroatoms. The number of halogens is 1. The molecule has 3 aromatic rings. The van der Waals surface area contributed by atoms with E-state index in [1.807, 2.05) is 17.5 Å². The summed E-state index contributed by atoms with van der Waals surface area (Å²) in [5, 5.41) is 5.02. The Balaban J connectivity index is 1.74. The zero-order chi connectivity index (χ0) is 22.3. The third-order valence-electron chi connectivity index (χ3n) is 5.77. The Morgan fingerprint density at radius 3 is 2.50 bits per heavy atom. The molecule has 1 atom stereocenters. The van der Waals surface area contributed by atoms with Crippen molar-refractivity contribution in [3.05, 3.63) is 82.6 Å². The van der Waals surface area contributed by atoms with Gasteiger partial charge in [-0.05, 0) is 54.1 Å². The van der Waals surface area contributed by atoms with Gasteiger partial charge in [0.15, 0.2) is 0 Å². The van der Waals surface area contributed by atoms with Crippen molar-refractivity contribution in [1.29, 1.82) is 0 Å². The van der Waals surface area contributed by atoms with Gasteiger partial charge in [-0.15, -0.1) is 11.3 Å². The number of benzene rings is 1. The van der Waals surface area contributed by atoms with Gasteiger partial charge in [0, 0.05) is 23.3 Å². The Kier molecular flexibility index (Phi) is 7.27. The first-order valence-electron chi connectivity index (χ1n) is 10.9. The number of pyridine rings is 1. The van der Waals surface area contributed by atoms with Gasteiger partial charge >= 0.3 is 0 Å². The van der Waals surface area contributed by atoms with Crippen molar-refractivity contribution in [2.45, 2.75) is 50.6 Å². The van der Waals surface area contributed by atoms with Gasteiger partial charge in [0.1, 0.15) is 11.9 Å². The highest BCUT2D eigenvalue weighted by atomic mass is 32.1. The standard InChI is InChI=1S/C25H26FN3O2S/c26-21-10-4-5-11-22(21)29(23(30)17-20-9-6-16-32-20)24(18-12-14-27-15-13-18)25(31)28-19-7-2-1-3-8-19/h4-6,9-16,19,24H,1-3,7-8,17H2,(H,28,31)/t24-/m0/s1. The van der Waals surface area contributed by atoms with Crippen molar-refractivity contribution in [3.8, 4) is 0 Å². The van der Waals surface area contributed by atoms with E-state index in [4.69, 9.17) is 0 Å². The van der Waals surface area contributed by atoms with Crippen molar-refractivity contribution in [2.75, 3.05) is 4.90 Å². The normalized spacial score (nSPS) is 15.2. The molecular weight excluding hydrogens is 425 g/mol. The third-order valence-corrected chi connectivity index (χ3v) is 6.64. The van der Waals surface area contributed by atoms with Crippen molar-refractivity contribution in [1.82, 2.24) is 10.3 Å². The molecule has 2 amide bonds. The molecule has 2 heterocycles. The van der Waals surface area contributed by atoms with E-state index >= 15 is 0 Å². The molecular formula is C25H26FN3O2S. The predicted molar refractivity (Wildman–Crippen MR) is 124 cm³/mol. The number of hydrogen-bond acceptors (Lipinski definition) is 4. The number of nitrogens with one attached hydrogen (secondary N) is 1. The molecule has 1 N–H and O–H groups in total. The number of aromatic nitrogens is 1. The van der Waals surface area contributed by atoms with E-state index in [1.165, 1.54) is 28.7 Å². The van der Waals surface area contributed by atoms with E-state index in [9.17, 15) is 14.0 Å². The second-order valence-corrected chi connectivity index (χ2v) is 9.03. The lowest BCUT2D eigenvalue weighted by Crippen LogP contribution is -2.48. The molecule has 0 bridgehead atoms. The van der Waals surface area contributed by atoms with Crippen LogP contribution in [0.1, 0.15) is 48.6 Å².